The second kappa shape index (κ2) is 9.86. The zero-order valence-electron chi connectivity index (χ0n) is 16.8. The van der Waals surface area contributed by atoms with Crippen LogP contribution < -0.4 is 9.64 Å². The third kappa shape index (κ3) is 5.67. The van der Waals surface area contributed by atoms with Crippen molar-refractivity contribution in [1.82, 2.24) is 4.98 Å². The van der Waals surface area contributed by atoms with Gasteiger partial charge in [-0.15, -0.1) is 11.3 Å². The average Bonchev–Trinajstić information content (AvgIpc) is 3.16. The molecule has 0 bridgehead atoms. The summed E-state index contributed by atoms with van der Waals surface area (Å²) in [7, 11) is 0. The number of halogens is 1. The van der Waals surface area contributed by atoms with Crippen molar-refractivity contribution in [2.45, 2.75) is 27.4 Å². The Morgan fingerprint density at radius 3 is 2.53 bits per heavy atom. The minimum Gasteiger partial charge on any atom is -0.482 e. The third-order valence-corrected chi connectivity index (χ3v) is 5.59. The quantitative estimate of drug-likeness (QED) is 0.420. The molecule has 0 radical (unpaired) electrons. The van der Waals surface area contributed by atoms with Crippen LogP contribution in [0.3, 0.4) is 0 Å². The standard InChI is InChI=1S/C22H21BrN2O4S/c1-14-4-9-20(15(2)10-14)25(16(3)26)22-24-18(13-30-22)11-29-21(27)12-28-19-7-5-17(23)6-8-19/h4-10,13H,11-12H2,1-3H3. The van der Waals surface area contributed by atoms with Crippen LogP contribution in [-0.4, -0.2) is 23.5 Å². The molecule has 0 aliphatic heterocycles. The van der Waals surface area contributed by atoms with Gasteiger partial charge in [0, 0.05) is 16.8 Å². The molecule has 0 aliphatic carbocycles. The number of esters is 1. The molecule has 30 heavy (non-hydrogen) atoms. The van der Waals surface area contributed by atoms with Crippen LogP contribution in [0.2, 0.25) is 0 Å². The minimum atomic E-state index is -0.495. The van der Waals surface area contributed by atoms with E-state index < -0.39 is 5.97 Å². The van der Waals surface area contributed by atoms with Gasteiger partial charge in [0.15, 0.2) is 11.7 Å². The van der Waals surface area contributed by atoms with E-state index in [-0.39, 0.29) is 19.1 Å². The summed E-state index contributed by atoms with van der Waals surface area (Å²) in [4.78, 5) is 30.3. The SMILES string of the molecule is CC(=O)N(c1nc(COC(=O)COc2ccc(Br)cc2)cs1)c1ccc(C)cc1C. The van der Waals surface area contributed by atoms with Gasteiger partial charge in [-0.3, -0.25) is 9.69 Å². The van der Waals surface area contributed by atoms with Crippen molar-refractivity contribution in [3.05, 3.63) is 69.1 Å². The Hall–Kier alpha value is -2.71. The molecule has 3 aromatic rings. The van der Waals surface area contributed by atoms with Gasteiger partial charge in [0.2, 0.25) is 5.91 Å². The molecule has 2 aromatic carbocycles. The smallest absolute Gasteiger partial charge is 0.344 e. The van der Waals surface area contributed by atoms with Crippen LogP contribution in [0.25, 0.3) is 0 Å². The van der Waals surface area contributed by atoms with Crippen molar-refractivity contribution >= 4 is 50.0 Å². The summed E-state index contributed by atoms with van der Waals surface area (Å²) in [6, 6.07) is 13.1. The minimum absolute atomic E-state index is 0.0116. The van der Waals surface area contributed by atoms with Crippen LogP contribution in [0.5, 0.6) is 5.75 Å². The highest BCUT2D eigenvalue weighted by Gasteiger charge is 2.20. The largest absolute Gasteiger partial charge is 0.482 e. The topological polar surface area (TPSA) is 68.7 Å². The molecule has 1 heterocycles. The number of thiazole rings is 1. The van der Waals surface area contributed by atoms with Crippen LogP contribution in [-0.2, 0) is 20.9 Å². The van der Waals surface area contributed by atoms with E-state index in [0.29, 0.717) is 16.6 Å². The number of carbonyl (C=O) groups is 2. The molecule has 1 amide bonds. The van der Waals surface area contributed by atoms with E-state index in [4.69, 9.17) is 9.47 Å². The number of nitrogens with zero attached hydrogens (tertiary/aromatic N) is 2. The fraction of sp³-hybridized carbons (Fsp3) is 0.227. The first-order valence-electron chi connectivity index (χ1n) is 9.20. The molecule has 156 valence electrons. The van der Waals surface area contributed by atoms with E-state index in [1.807, 2.05) is 44.2 Å². The Morgan fingerprint density at radius 2 is 1.87 bits per heavy atom. The van der Waals surface area contributed by atoms with Gasteiger partial charge in [-0.25, -0.2) is 9.78 Å². The number of hydrogen-bond acceptors (Lipinski definition) is 6. The number of hydrogen-bond donors (Lipinski definition) is 0. The van der Waals surface area contributed by atoms with E-state index in [0.717, 1.165) is 21.3 Å². The monoisotopic (exact) mass is 488 g/mol. The van der Waals surface area contributed by atoms with Crippen LogP contribution >= 0.6 is 27.3 Å². The van der Waals surface area contributed by atoms with Crippen molar-refractivity contribution in [2.24, 2.45) is 0 Å². The molecule has 0 saturated heterocycles. The molecule has 0 N–H and O–H groups in total. The lowest BCUT2D eigenvalue weighted by Crippen LogP contribution is -2.23. The van der Waals surface area contributed by atoms with E-state index in [9.17, 15) is 9.59 Å². The Labute approximate surface area is 187 Å². The Balaban J connectivity index is 1.61. The molecule has 0 fully saturated rings. The summed E-state index contributed by atoms with van der Waals surface area (Å²) in [5.74, 6) is -0.0512. The fourth-order valence-corrected chi connectivity index (χ4v) is 3.93. The zero-order chi connectivity index (χ0) is 21.7. The number of aromatic nitrogens is 1. The Morgan fingerprint density at radius 1 is 1.13 bits per heavy atom. The lowest BCUT2D eigenvalue weighted by molar-refractivity contribution is -0.147. The summed E-state index contributed by atoms with van der Waals surface area (Å²) in [6.45, 7) is 5.28. The lowest BCUT2D eigenvalue weighted by atomic mass is 10.1. The van der Waals surface area contributed by atoms with Gasteiger partial charge < -0.3 is 9.47 Å². The first-order valence-corrected chi connectivity index (χ1v) is 10.9. The number of carbonyl (C=O) groups excluding carboxylic acids is 2. The van der Waals surface area contributed by atoms with Crippen molar-refractivity contribution in [1.29, 1.82) is 0 Å². The molecule has 0 spiro atoms. The number of benzene rings is 2. The van der Waals surface area contributed by atoms with Gasteiger partial charge in [-0.05, 0) is 49.7 Å². The first kappa shape index (κ1) is 22.0. The predicted octanol–water partition coefficient (Wildman–Crippen LogP) is 5.33. The maximum atomic E-state index is 12.3. The number of ether oxygens (including phenoxy) is 2. The number of aryl methyl sites for hydroxylation is 2. The summed E-state index contributed by atoms with van der Waals surface area (Å²) < 4.78 is 11.6. The van der Waals surface area contributed by atoms with Crippen molar-refractivity contribution < 1.29 is 19.1 Å². The Bertz CT molecular complexity index is 1050. The average molecular weight is 489 g/mol. The van der Waals surface area contributed by atoms with Gasteiger partial charge >= 0.3 is 5.97 Å². The molecular weight excluding hydrogens is 468 g/mol. The number of rotatable bonds is 7. The molecule has 8 heteroatoms. The first-order chi connectivity index (χ1) is 14.3. The van der Waals surface area contributed by atoms with Crippen molar-refractivity contribution in [3.63, 3.8) is 0 Å². The van der Waals surface area contributed by atoms with E-state index in [2.05, 4.69) is 20.9 Å². The molecule has 0 saturated carbocycles. The van der Waals surface area contributed by atoms with Gasteiger partial charge in [-0.2, -0.15) is 0 Å². The molecular formula is C22H21BrN2O4S. The van der Waals surface area contributed by atoms with Crippen molar-refractivity contribution in [2.75, 3.05) is 11.5 Å². The molecule has 0 unspecified atom stereocenters. The highest BCUT2D eigenvalue weighted by atomic mass is 79.9. The van der Waals surface area contributed by atoms with Gasteiger partial charge in [0.1, 0.15) is 12.4 Å². The van der Waals surface area contributed by atoms with Gasteiger partial charge in [0.05, 0.1) is 11.4 Å². The van der Waals surface area contributed by atoms with Gasteiger partial charge in [-0.1, -0.05) is 33.6 Å². The normalized spacial score (nSPS) is 10.5. The second-order valence-corrected chi connectivity index (χ2v) is 8.42. The molecule has 0 atom stereocenters. The van der Waals surface area contributed by atoms with Gasteiger partial charge in [0.25, 0.3) is 0 Å². The molecule has 6 nitrogen and oxygen atoms in total. The molecule has 0 aliphatic rings. The zero-order valence-corrected chi connectivity index (χ0v) is 19.2. The summed E-state index contributed by atoms with van der Waals surface area (Å²) in [5, 5.41) is 2.31. The van der Waals surface area contributed by atoms with Crippen LogP contribution in [0, 0.1) is 13.8 Å². The lowest BCUT2D eigenvalue weighted by Gasteiger charge is -2.20. The van der Waals surface area contributed by atoms with E-state index in [1.165, 1.54) is 18.3 Å². The highest BCUT2D eigenvalue weighted by molar-refractivity contribution is 9.10. The predicted molar refractivity (Wildman–Crippen MR) is 120 cm³/mol. The third-order valence-electron chi connectivity index (χ3n) is 4.19. The number of amides is 1. The van der Waals surface area contributed by atoms with Crippen LogP contribution in [0.4, 0.5) is 10.8 Å². The van der Waals surface area contributed by atoms with E-state index >= 15 is 0 Å². The van der Waals surface area contributed by atoms with Crippen LogP contribution in [0.15, 0.2) is 52.3 Å². The van der Waals surface area contributed by atoms with Crippen LogP contribution in [0.1, 0.15) is 23.7 Å². The van der Waals surface area contributed by atoms with E-state index in [1.54, 1.807) is 22.4 Å². The summed E-state index contributed by atoms with van der Waals surface area (Å²) >= 11 is 4.67. The Kier molecular flexibility index (Phi) is 7.23. The maximum absolute atomic E-state index is 12.3. The maximum Gasteiger partial charge on any atom is 0.344 e. The molecule has 1 aromatic heterocycles. The number of anilines is 2. The fourth-order valence-electron chi connectivity index (χ4n) is 2.80. The van der Waals surface area contributed by atoms with Crippen molar-refractivity contribution in [3.8, 4) is 5.75 Å². The highest BCUT2D eigenvalue weighted by Crippen LogP contribution is 2.31. The second-order valence-electron chi connectivity index (χ2n) is 6.67. The molecule has 3 rings (SSSR count). The summed E-state index contributed by atoms with van der Waals surface area (Å²) in [5.41, 5.74) is 3.47. The summed E-state index contributed by atoms with van der Waals surface area (Å²) in [6.07, 6.45) is 0.